The average Bonchev–Trinajstić information content (AvgIpc) is 2.40. The molecule has 0 aliphatic heterocycles. The van der Waals surface area contributed by atoms with Crippen LogP contribution in [0.5, 0.6) is 5.75 Å². The Hall–Kier alpha value is -0.730. The Bertz CT molecular complexity index is 313. The van der Waals surface area contributed by atoms with Crippen LogP contribution in [0.15, 0.2) is 24.3 Å². The average molecular weight is 270 g/mol. The van der Waals surface area contributed by atoms with E-state index in [0.29, 0.717) is 12.6 Å². The third kappa shape index (κ3) is 6.27. The van der Waals surface area contributed by atoms with Gasteiger partial charge in [0, 0.05) is 11.1 Å². The van der Waals surface area contributed by atoms with E-state index in [9.17, 15) is 0 Å². The van der Waals surface area contributed by atoms with Gasteiger partial charge in [-0.05, 0) is 37.7 Å². The molecule has 2 nitrogen and oxygen atoms in total. The summed E-state index contributed by atoms with van der Waals surface area (Å²) in [7, 11) is 2.00. The van der Waals surface area contributed by atoms with Crippen molar-refractivity contribution in [1.29, 1.82) is 0 Å². The van der Waals surface area contributed by atoms with E-state index in [2.05, 4.69) is 12.2 Å². The molecule has 0 amide bonds. The molecule has 0 aliphatic rings. The predicted octanol–water partition coefficient (Wildman–Crippen LogP) is 4.28. The van der Waals surface area contributed by atoms with Gasteiger partial charge in [0.1, 0.15) is 12.4 Å². The maximum atomic E-state index is 5.83. The highest BCUT2D eigenvalue weighted by Crippen LogP contribution is 2.16. The second-order valence-corrected chi connectivity index (χ2v) is 5.04. The van der Waals surface area contributed by atoms with Crippen molar-refractivity contribution in [1.82, 2.24) is 5.32 Å². The number of unbranched alkanes of at least 4 members (excludes halogenated alkanes) is 3. The summed E-state index contributed by atoms with van der Waals surface area (Å²) in [6.07, 6.45) is 6.36. The van der Waals surface area contributed by atoms with Crippen LogP contribution in [0.2, 0.25) is 5.02 Å². The second kappa shape index (κ2) is 9.23. The summed E-state index contributed by atoms with van der Waals surface area (Å²) in [6, 6.07) is 7.95. The van der Waals surface area contributed by atoms with Gasteiger partial charge >= 0.3 is 0 Å². The summed E-state index contributed by atoms with van der Waals surface area (Å²) < 4.78 is 5.75. The number of ether oxygens (including phenoxy) is 1. The lowest BCUT2D eigenvalue weighted by atomic mass is 10.1. The van der Waals surface area contributed by atoms with Gasteiger partial charge in [0.15, 0.2) is 0 Å². The van der Waals surface area contributed by atoms with E-state index in [1.165, 1.54) is 32.1 Å². The Labute approximate surface area is 116 Å². The van der Waals surface area contributed by atoms with Crippen LogP contribution >= 0.6 is 11.6 Å². The van der Waals surface area contributed by atoms with Crippen molar-refractivity contribution in [2.24, 2.45) is 0 Å². The van der Waals surface area contributed by atoms with Gasteiger partial charge in [-0.15, -0.1) is 0 Å². The molecule has 0 fully saturated rings. The highest BCUT2D eigenvalue weighted by Gasteiger charge is 2.06. The van der Waals surface area contributed by atoms with Crippen molar-refractivity contribution in [3.8, 4) is 5.75 Å². The molecule has 102 valence electrons. The van der Waals surface area contributed by atoms with Crippen molar-refractivity contribution < 1.29 is 4.74 Å². The van der Waals surface area contributed by atoms with Crippen molar-refractivity contribution in [3.63, 3.8) is 0 Å². The van der Waals surface area contributed by atoms with Crippen LogP contribution in [-0.2, 0) is 0 Å². The Balaban J connectivity index is 2.24. The van der Waals surface area contributed by atoms with Crippen molar-refractivity contribution in [2.75, 3.05) is 13.7 Å². The van der Waals surface area contributed by atoms with Crippen LogP contribution in [0.4, 0.5) is 0 Å². The van der Waals surface area contributed by atoms with Crippen molar-refractivity contribution in [2.45, 2.75) is 45.1 Å². The van der Waals surface area contributed by atoms with Crippen LogP contribution in [0, 0.1) is 0 Å². The zero-order valence-corrected chi connectivity index (χ0v) is 12.2. The third-order valence-electron chi connectivity index (χ3n) is 3.08. The molecule has 0 aromatic heterocycles. The predicted molar refractivity (Wildman–Crippen MR) is 78.6 cm³/mol. The van der Waals surface area contributed by atoms with Gasteiger partial charge in [-0.3, -0.25) is 0 Å². The summed E-state index contributed by atoms with van der Waals surface area (Å²) in [5, 5.41) is 4.05. The monoisotopic (exact) mass is 269 g/mol. The lowest BCUT2D eigenvalue weighted by molar-refractivity contribution is 0.260. The number of likely N-dealkylation sites (N-methyl/N-ethyl adjacent to an activating group) is 1. The first-order valence-electron chi connectivity index (χ1n) is 6.82. The van der Waals surface area contributed by atoms with Gasteiger partial charge in [0.05, 0.1) is 0 Å². The SMILES string of the molecule is CCCCCCC(COc1ccc(Cl)cc1)NC. The van der Waals surface area contributed by atoms with Gasteiger partial charge in [0.2, 0.25) is 0 Å². The minimum atomic E-state index is 0.428. The lowest BCUT2D eigenvalue weighted by Crippen LogP contribution is -2.31. The maximum absolute atomic E-state index is 5.83. The number of hydrogen-bond donors (Lipinski definition) is 1. The zero-order valence-electron chi connectivity index (χ0n) is 11.4. The largest absolute Gasteiger partial charge is 0.492 e. The Morgan fingerprint density at radius 1 is 1.17 bits per heavy atom. The van der Waals surface area contributed by atoms with Gasteiger partial charge in [-0.1, -0.05) is 44.2 Å². The zero-order chi connectivity index (χ0) is 13.2. The van der Waals surface area contributed by atoms with Gasteiger partial charge < -0.3 is 10.1 Å². The summed E-state index contributed by atoms with van der Waals surface area (Å²) in [5.41, 5.74) is 0. The molecular weight excluding hydrogens is 246 g/mol. The highest BCUT2D eigenvalue weighted by atomic mass is 35.5. The maximum Gasteiger partial charge on any atom is 0.119 e. The minimum absolute atomic E-state index is 0.428. The van der Waals surface area contributed by atoms with Gasteiger partial charge in [0.25, 0.3) is 0 Å². The number of halogens is 1. The summed E-state index contributed by atoms with van der Waals surface area (Å²) in [4.78, 5) is 0. The lowest BCUT2D eigenvalue weighted by Gasteiger charge is -2.17. The number of hydrogen-bond acceptors (Lipinski definition) is 2. The smallest absolute Gasteiger partial charge is 0.119 e. The fourth-order valence-corrected chi connectivity index (χ4v) is 1.98. The molecular formula is C15H24ClNO. The molecule has 0 heterocycles. The molecule has 0 saturated heterocycles. The Kier molecular flexibility index (Phi) is 7.86. The first-order chi connectivity index (χ1) is 8.76. The molecule has 0 aliphatic carbocycles. The van der Waals surface area contributed by atoms with E-state index in [0.717, 1.165) is 10.8 Å². The third-order valence-corrected chi connectivity index (χ3v) is 3.33. The van der Waals surface area contributed by atoms with Crippen molar-refractivity contribution in [3.05, 3.63) is 29.3 Å². The molecule has 1 N–H and O–H groups in total. The quantitative estimate of drug-likeness (QED) is 0.676. The molecule has 0 radical (unpaired) electrons. The summed E-state index contributed by atoms with van der Waals surface area (Å²) >= 11 is 5.83. The first kappa shape index (κ1) is 15.3. The van der Waals surface area contributed by atoms with Gasteiger partial charge in [-0.25, -0.2) is 0 Å². The first-order valence-corrected chi connectivity index (χ1v) is 7.19. The van der Waals surface area contributed by atoms with Crippen LogP contribution in [0.3, 0.4) is 0 Å². The Morgan fingerprint density at radius 3 is 2.50 bits per heavy atom. The van der Waals surface area contributed by atoms with E-state index < -0.39 is 0 Å². The topological polar surface area (TPSA) is 21.3 Å². The van der Waals surface area contributed by atoms with E-state index in [1.54, 1.807) is 0 Å². The van der Waals surface area contributed by atoms with Gasteiger partial charge in [-0.2, -0.15) is 0 Å². The molecule has 0 bridgehead atoms. The van der Waals surface area contributed by atoms with Crippen LogP contribution in [0.25, 0.3) is 0 Å². The summed E-state index contributed by atoms with van der Waals surface area (Å²) in [6.45, 7) is 2.95. The van der Waals surface area contributed by atoms with E-state index in [4.69, 9.17) is 16.3 Å². The second-order valence-electron chi connectivity index (χ2n) is 4.60. The molecule has 1 atom stereocenters. The molecule has 1 unspecified atom stereocenters. The molecule has 1 rings (SSSR count). The molecule has 18 heavy (non-hydrogen) atoms. The van der Waals surface area contributed by atoms with Crippen LogP contribution in [0.1, 0.15) is 39.0 Å². The molecule has 0 spiro atoms. The molecule has 1 aromatic rings. The number of benzene rings is 1. The summed E-state index contributed by atoms with van der Waals surface area (Å²) in [5.74, 6) is 0.883. The molecule has 0 saturated carbocycles. The normalized spacial score (nSPS) is 12.4. The van der Waals surface area contributed by atoms with E-state index in [-0.39, 0.29) is 0 Å². The number of nitrogens with one attached hydrogen (secondary N) is 1. The van der Waals surface area contributed by atoms with E-state index in [1.807, 2.05) is 31.3 Å². The fourth-order valence-electron chi connectivity index (χ4n) is 1.86. The highest BCUT2D eigenvalue weighted by molar-refractivity contribution is 6.30. The molecule has 1 aromatic carbocycles. The van der Waals surface area contributed by atoms with Crippen LogP contribution < -0.4 is 10.1 Å². The standard InChI is InChI=1S/C15H24ClNO/c1-3-4-5-6-7-14(17-2)12-18-15-10-8-13(16)9-11-15/h8-11,14,17H,3-7,12H2,1-2H3. The van der Waals surface area contributed by atoms with Crippen molar-refractivity contribution >= 4 is 11.6 Å². The number of rotatable bonds is 9. The minimum Gasteiger partial charge on any atom is -0.492 e. The van der Waals surface area contributed by atoms with Crippen LogP contribution in [-0.4, -0.2) is 19.7 Å². The fraction of sp³-hybridized carbons (Fsp3) is 0.600. The van der Waals surface area contributed by atoms with E-state index >= 15 is 0 Å². The molecule has 3 heteroatoms. The Morgan fingerprint density at radius 2 is 1.89 bits per heavy atom.